The highest BCUT2D eigenvalue weighted by molar-refractivity contribution is 8.04. The maximum absolute atomic E-state index is 11.5. The molecule has 0 spiro atoms. The zero-order chi connectivity index (χ0) is 12.8. The van der Waals surface area contributed by atoms with Crippen molar-refractivity contribution in [1.29, 1.82) is 0 Å². The Morgan fingerprint density at radius 3 is 2.29 bits per heavy atom. The molecule has 1 aromatic rings. The smallest absolute Gasteiger partial charge is 0.342 e. The van der Waals surface area contributed by atoms with E-state index in [0.717, 1.165) is 16.7 Å². The van der Waals surface area contributed by atoms with Crippen LogP contribution in [-0.2, 0) is 9.59 Å². The van der Waals surface area contributed by atoms with Gasteiger partial charge in [0.2, 0.25) is 0 Å². The molecule has 0 amide bonds. The maximum Gasteiger partial charge on any atom is 0.342 e. The fraction of sp³-hybridized carbons (Fsp3) is 0.231. The summed E-state index contributed by atoms with van der Waals surface area (Å²) in [7, 11) is 0. The Balaban J connectivity index is 2.88. The standard InChI is InChI=1S/C13H14O3S/c1-9(2)11(14)8-12(13(15)16)17-10-6-4-3-5-7-10/h3-9H,1-2H3,(H,15,16)/b12-8+. The van der Waals surface area contributed by atoms with E-state index in [1.807, 2.05) is 18.2 Å². The van der Waals surface area contributed by atoms with E-state index in [2.05, 4.69) is 0 Å². The largest absolute Gasteiger partial charge is 0.477 e. The van der Waals surface area contributed by atoms with E-state index in [1.165, 1.54) is 6.08 Å². The normalized spacial score (nSPS) is 11.6. The van der Waals surface area contributed by atoms with Crippen molar-refractivity contribution in [1.82, 2.24) is 0 Å². The van der Waals surface area contributed by atoms with Crippen LogP contribution in [0.5, 0.6) is 0 Å². The highest BCUT2D eigenvalue weighted by Gasteiger charge is 2.13. The van der Waals surface area contributed by atoms with Gasteiger partial charge in [0.25, 0.3) is 0 Å². The number of allylic oxidation sites excluding steroid dienone is 1. The van der Waals surface area contributed by atoms with Gasteiger partial charge in [0.15, 0.2) is 5.78 Å². The fourth-order valence-corrected chi connectivity index (χ4v) is 1.86. The Morgan fingerprint density at radius 2 is 1.82 bits per heavy atom. The number of carboxylic acids is 1. The Labute approximate surface area is 105 Å². The minimum atomic E-state index is -1.08. The summed E-state index contributed by atoms with van der Waals surface area (Å²) in [5.41, 5.74) is 0. The molecule has 0 aliphatic rings. The lowest BCUT2D eigenvalue weighted by molar-refractivity contribution is -0.132. The van der Waals surface area contributed by atoms with Gasteiger partial charge in [0.1, 0.15) is 4.91 Å². The van der Waals surface area contributed by atoms with Crippen molar-refractivity contribution in [3.8, 4) is 0 Å². The molecule has 4 heteroatoms. The molecule has 1 aromatic carbocycles. The van der Waals surface area contributed by atoms with Crippen molar-refractivity contribution < 1.29 is 14.7 Å². The highest BCUT2D eigenvalue weighted by Crippen LogP contribution is 2.26. The lowest BCUT2D eigenvalue weighted by Gasteiger charge is -2.03. The van der Waals surface area contributed by atoms with Crippen LogP contribution >= 0.6 is 11.8 Å². The first-order chi connectivity index (χ1) is 8.00. The second-order valence-corrected chi connectivity index (χ2v) is 4.90. The van der Waals surface area contributed by atoms with Crippen molar-refractivity contribution >= 4 is 23.5 Å². The SMILES string of the molecule is CC(C)C(=O)/C=C(/Sc1ccccc1)C(=O)O. The van der Waals surface area contributed by atoms with Crippen LogP contribution in [0.3, 0.4) is 0 Å². The summed E-state index contributed by atoms with van der Waals surface area (Å²) < 4.78 is 0. The molecule has 0 saturated heterocycles. The number of hydrogen-bond donors (Lipinski definition) is 1. The van der Waals surface area contributed by atoms with E-state index in [4.69, 9.17) is 5.11 Å². The van der Waals surface area contributed by atoms with Crippen LogP contribution in [0.4, 0.5) is 0 Å². The summed E-state index contributed by atoms with van der Waals surface area (Å²) in [4.78, 5) is 23.4. The Kier molecular flexibility index (Phi) is 4.97. The molecule has 0 aliphatic carbocycles. The number of carboxylic acid groups (broad SMARTS) is 1. The molecular weight excluding hydrogens is 236 g/mol. The molecule has 0 atom stereocenters. The van der Waals surface area contributed by atoms with Crippen LogP contribution in [0.15, 0.2) is 46.2 Å². The first kappa shape index (κ1) is 13.5. The number of carbonyl (C=O) groups excluding carboxylic acids is 1. The van der Waals surface area contributed by atoms with E-state index in [1.54, 1.807) is 26.0 Å². The van der Waals surface area contributed by atoms with Crippen molar-refractivity contribution in [2.24, 2.45) is 5.92 Å². The zero-order valence-corrected chi connectivity index (χ0v) is 10.5. The van der Waals surface area contributed by atoms with Crippen molar-refractivity contribution in [3.63, 3.8) is 0 Å². The quantitative estimate of drug-likeness (QED) is 0.644. The van der Waals surface area contributed by atoms with Crippen LogP contribution in [0.25, 0.3) is 0 Å². The second kappa shape index (κ2) is 6.25. The van der Waals surface area contributed by atoms with Gasteiger partial charge in [-0.25, -0.2) is 4.79 Å². The third kappa shape index (κ3) is 4.44. The summed E-state index contributed by atoms with van der Waals surface area (Å²) in [6.07, 6.45) is 1.20. The van der Waals surface area contributed by atoms with E-state index < -0.39 is 5.97 Å². The van der Waals surface area contributed by atoms with Gasteiger partial charge in [-0.2, -0.15) is 0 Å². The minimum Gasteiger partial charge on any atom is -0.477 e. The number of ketones is 1. The van der Waals surface area contributed by atoms with Crippen LogP contribution < -0.4 is 0 Å². The number of carbonyl (C=O) groups is 2. The molecule has 0 aliphatic heterocycles. The molecule has 1 N–H and O–H groups in total. The summed E-state index contributed by atoms with van der Waals surface area (Å²) in [6, 6.07) is 9.12. The number of aliphatic carboxylic acids is 1. The topological polar surface area (TPSA) is 54.4 Å². The molecule has 1 rings (SSSR count). The number of thioether (sulfide) groups is 1. The van der Waals surface area contributed by atoms with E-state index in [9.17, 15) is 9.59 Å². The van der Waals surface area contributed by atoms with Crippen LogP contribution in [0.2, 0.25) is 0 Å². The summed E-state index contributed by atoms with van der Waals surface area (Å²) >= 11 is 1.08. The van der Waals surface area contributed by atoms with Gasteiger partial charge < -0.3 is 5.11 Å². The molecule has 0 bridgehead atoms. The Hall–Kier alpha value is -1.55. The predicted octanol–water partition coefficient (Wildman–Crippen LogP) is 2.97. The van der Waals surface area contributed by atoms with Crippen molar-refractivity contribution in [2.75, 3.05) is 0 Å². The average molecular weight is 250 g/mol. The van der Waals surface area contributed by atoms with Gasteiger partial charge in [-0.3, -0.25) is 4.79 Å². The fourth-order valence-electron chi connectivity index (χ4n) is 1.05. The second-order valence-electron chi connectivity index (χ2n) is 3.79. The highest BCUT2D eigenvalue weighted by atomic mass is 32.2. The molecule has 0 saturated carbocycles. The number of benzene rings is 1. The molecule has 3 nitrogen and oxygen atoms in total. The van der Waals surface area contributed by atoms with E-state index in [0.29, 0.717) is 0 Å². The first-order valence-electron chi connectivity index (χ1n) is 5.22. The summed E-state index contributed by atoms with van der Waals surface area (Å²) in [6.45, 7) is 3.48. The maximum atomic E-state index is 11.5. The summed E-state index contributed by atoms with van der Waals surface area (Å²) in [5.74, 6) is -1.44. The van der Waals surface area contributed by atoms with Crippen LogP contribution in [0.1, 0.15) is 13.8 Å². The van der Waals surface area contributed by atoms with Gasteiger partial charge in [-0.05, 0) is 12.1 Å². The summed E-state index contributed by atoms with van der Waals surface area (Å²) in [5, 5.41) is 9.02. The average Bonchev–Trinajstić information content (AvgIpc) is 2.29. The minimum absolute atomic E-state index is 0.0508. The molecule has 0 aromatic heterocycles. The van der Waals surface area contributed by atoms with Crippen molar-refractivity contribution in [3.05, 3.63) is 41.3 Å². The lowest BCUT2D eigenvalue weighted by Crippen LogP contribution is -2.06. The third-order valence-corrected chi connectivity index (χ3v) is 3.04. The molecular formula is C13H14O3S. The predicted molar refractivity (Wildman–Crippen MR) is 67.9 cm³/mol. The third-order valence-electron chi connectivity index (χ3n) is 2.02. The number of rotatable bonds is 5. The van der Waals surface area contributed by atoms with Crippen LogP contribution in [-0.4, -0.2) is 16.9 Å². The Morgan fingerprint density at radius 1 is 1.24 bits per heavy atom. The number of hydrogen-bond acceptors (Lipinski definition) is 3. The molecule has 0 heterocycles. The zero-order valence-electron chi connectivity index (χ0n) is 9.71. The first-order valence-corrected chi connectivity index (χ1v) is 6.04. The van der Waals surface area contributed by atoms with Gasteiger partial charge in [0.05, 0.1) is 0 Å². The van der Waals surface area contributed by atoms with Gasteiger partial charge in [-0.15, -0.1) is 0 Å². The van der Waals surface area contributed by atoms with Crippen LogP contribution in [0, 0.1) is 5.92 Å². The molecule has 0 unspecified atom stereocenters. The van der Waals surface area contributed by atoms with Gasteiger partial charge in [-0.1, -0.05) is 43.8 Å². The van der Waals surface area contributed by atoms with Gasteiger partial charge in [0, 0.05) is 16.9 Å². The molecule has 90 valence electrons. The monoisotopic (exact) mass is 250 g/mol. The molecule has 0 radical (unpaired) electrons. The lowest BCUT2D eigenvalue weighted by atomic mass is 10.1. The van der Waals surface area contributed by atoms with Gasteiger partial charge >= 0.3 is 5.97 Å². The van der Waals surface area contributed by atoms with E-state index in [-0.39, 0.29) is 16.6 Å². The van der Waals surface area contributed by atoms with Crippen molar-refractivity contribution in [2.45, 2.75) is 18.7 Å². The Bertz CT molecular complexity index is 435. The van der Waals surface area contributed by atoms with E-state index >= 15 is 0 Å². The molecule has 0 fully saturated rings. The molecule has 17 heavy (non-hydrogen) atoms.